The number of aliphatic imine (C=N–C) groups is 1. The van der Waals surface area contributed by atoms with Crippen LogP contribution in [0.25, 0.3) is 10.8 Å². The van der Waals surface area contributed by atoms with Crippen LogP contribution in [0.4, 0.5) is 4.39 Å². The third-order valence-electron chi connectivity index (χ3n) is 4.40. The lowest BCUT2D eigenvalue weighted by Gasteiger charge is -2.24. The fraction of sp³-hybridized carbons (Fsp3) is 0.190. The largest absolute Gasteiger partial charge is 0.507 e. The van der Waals surface area contributed by atoms with Crippen LogP contribution in [0.2, 0.25) is 5.02 Å². The lowest BCUT2D eigenvalue weighted by Crippen LogP contribution is -2.24. The van der Waals surface area contributed by atoms with Crippen molar-refractivity contribution in [3.8, 4) is 5.75 Å². The smallest absolute Gasteiger partial charge is 0.129 e. The first kappa shape index (κ1) is 18.4. The number of likely N-dealkylation sites (N-methyl/N-ethyl adjacent to an activating group) is 1. The normalized spacial score (nSPS) is 13.0. The highest BCUT2D eigenvalue weighted by molar-refractivity contribution is 6.31. The average molecular weight is 371 g/mol. The molecule has 1 atom stereocenters. The van der Waals surface area contributed by atoms with Crippen LogP contribution < -0.4 is 0 Å². The Kier molecular flexibility index (Phi) is 5.55. The van der Waals surface area contributed by atoms with Crippen LogP contribution in [-0.4, -0.2) is 36.9 Å². The molecule has 0 saturated carbocycles. The van der Waals surface area contributed by atoms with Crippen molar-refractivity contribution in [3.05, 3.63) is 76.6 Å². The highest BCUT2D eigenvalue weighted by atomic mass is 35.5. The molecule has 3 nitrogen and oxygen atoms in total. The first-order chi connectivity index (χ1) is 12.5. The molecule has 0 saturated heterocycles. The van der Waals surface area contributed by atoms with Gasteiger partial charge in [0.2, 0.25) is 0 Å². The second-order valence-electron chi connectivity index (χ2n) is 6.33. The second kappa shape index (κ2) is 7.85. The zero-order valence-corrected chi connectivity index (χ0v) is 15.4. The maximum atomic E-state index is 14.3. The van der Waals surface area contributed by atoms with Gasteiger partial charge in [-0.2, -0.15) is 0 Å². The van der Waals surface area contributed by atoms with E-state index in [-0.39, 0.29) is 17.6 Å². The van der Waals surface area contributed by atoms with E-state index in [1.807, 2.05) is 49.3 Å². The monoisotopic (exact) mass is 370 g/mol. The van der Waals surface area contributed by atoms with Gasteiger partial charge in [0.15, 0.2) is 0 Å². The lowest BCUT2D eigenvalue weighted by molar-refractivity contribution is 0.299. The molecule has 0 aliphatic rings. The number of hydrogen-bond acceptors (Lipinski definition) is 3. The van der Waals surface area contributed by atoms with Crippen LogP contribution in [0.1, 0.15) is 17.2 Å². The minimum absolute atomic E-state index is 0.165. The third kappa shape index (κ3) is 3.71. The first-order valence-electron chi connectivity index (χ1n) is 8.30. The van der Waals surface area contributed by atoms with Crippen LogP contribution in [0.15, 0.2) is 59.6 Å². The van der Waals surface area contributed by atoms with Crippen molar-refractivity contribution < 1.29 is 9.50 Å². The molecule has 0 spiro atoms. The number of aromatic hydroxyl groups is 1. The molecule has 26 heavy (non-hydrogen) atoms. The summed E-state index contributed by atoms with van der Waals surface area (Å²) in [5.74, 6) is -0.183. The summed E-state index contributed by atoms with van der Waals surface area (Å²) in [6, 6.07) is 15.7. The summed E-state index contributed by atoms with van der Waals surface area (Å²) >= 11 is 6.21. The lowest BCUT2D eigenvalue weighted by atomic mass is 10.0. The molecule has 0 aromatic heterocycles. The van der Waals surface area contributed by atoms with Crippen molar-refractivity contribution in [3.63, 3.8) is 0 Å². The first-order valence-corrected chi connectivity index (χ1v) is 8.67. The molecule has 1 N–H and O–H groups in total. The van der Waals surface area contributed by atoms with Crippen LogP contribution in [0.5, 0.6) is 5.75 Å². The molecule has 0 radical (unpaired) electrons. The number of benzene rings is 3. The van der Waals surface area contributed by atoms with E-state index in [2.05, 4.69) is 4.99 Å². The van der Waals surface area contributed by atoms with Gasteiger partial charge in [0, 0.05) is 22.4 Å². The molecule has 3 aromatic carbocycles. The summed E-state index contributed by atoms with van der Waals surface area (Å²) in [5, 5.41) is 12.5. The van der Waals surface area contributed by atoms with Crippen molar-refractivity contribution in [2.75, 3.05) is 20.6 Å². The molecule has 5 heteroatoms. The fourth-order valence-electron chi connectivity index (χ4n) is 3.01. The van der Waals surface area contributed by atoms with Crippen LogP contribution >= 0.6 is 11.6 Å². The molecule has 134 valence electrons. The molecule has 3 aromatic rings. The van der Waals surface area contributed by atoms with Crippen molar-refractivity contribution in [1.82, 2.24) is 4.90 Å². The number of hydrogen-bond donors (Lipinski definition) is 1. The SMILES string of the molecule is CN(C)[C@@H](CN=Cc1c(O)ccc2ccccc12)c1c(F)cccc1Cl. The maximum absolute atomic E-state index is 14.3. The molecule has 0 bridgehead atoms. The van der Waals surface area contributed by atoms with Gasteiger partial charge in [-0.1, -0.05) is 48.0 Å². The number of rotatable bonds is 5. The van der Waals surface area contributed by atoms with E-state index >= 15 is 0 Å². The highest BCUT2D eigenvalue weighted by Crippen LogP contribution is 2.30. The van der Waals surface area contributed by atoms with E-state index in [1.54, 1.807) is 24.4 Å². The Hall–Kier alpha value is -2.43. The molecular formula is C21H20ClFN2O. The average Bonchev–Trinajstić information content (AvgIpc) is 2.61. The zero-order valence-electron chi connectivity index (χ0n) is 14.7. The minimum atomic E-state index is -0.348. The van der Waals surface area contributed by atoms with E-state index in [1.165, 1.54) is 6.07 Å². The second-order valence-corrected chi connectivity index (χ2v) is 6.74. The van der Waals surface area contributed by atoms with E-state index in [0.29, 0.717) is 22.7 Å². The summed E-state index contributed by atoms with van der Waals surface area (Å²) in [6.07, 6.45) is 1.64. The summed E-state index contributed by atoms with van der Waals surface area (Å²) in [5.41, 5.74) is 1.08. The van der Waals surface area contributed by atoms with Crippen LogP contribution in [0.3, 0.4) is 0 Å². The summed E-state index contributed by atoms with van der Waals surface area (Å²) in [6.45, 7) is 0.316. The molecule has 0 fully saturated rings. The van der Waals surface area contributed by atoms with Gasteiger partial charge in [-0.15, -0.1) is 0 Å². The minimum Gasteiger partial charge on any atom is -0.507 e. The Labute approximate surface area is 157 Å². The molecule has 0 unspecified atom stereocenters. The number of phenolic OH excluding ortho intramolecular Hbond substituents is 1. The van der Waals surface area contributed by atoms with Crippen molar-refractivity contribution in [2.45, 2.75) is 6.04 Å². The Morgan fingerprint density at radius 1 is 1.12 bits per heavy atom. The molecule has 0 aliphatic carbocycles. The van der Waals surface area contributed by atoms with Crippen LogP contribution in [-0.2, 0) is 0 Å². The van der Waals surface area contributed by atoms with E-state index in [9.17, 15) is 9.50 Å². The van der Waals surface area contributed by atoms with E-state index in [0.717, 1.165) is 10.8 Å². The standard InChI is InChI=1S/C21H20ClFN2O/c1-25(2)19(21-17(22)8-5-9-18(21)23)13-24-12-16-15-7-4-3-6-14(15)10-11-20(16)26/h3-12,19,26H,13H2,1-2H3/t19-/m0/s1. The quantitative estimate of drug-likeness (QED) is 0.637. The van der Waals surface area contributed by atoms with Gasteiger partial charge in [-0.05, 0) is 43.1 Å². The zero-order chi connectivity index (χ0) is 18.7. The Bertz CT molecular complexity index is 936. The fourth-order valence-corrected chi connectivity index (χ4v) is 3.29. The highest BCUT2D eigenvalue weighted by Gasteiger charge is 2.20. The van der Waals surface area contributed by atoms with Gasteiger partial charge >= 0.3 is 0 Å². The predicted molar refractivity (Wildman–Crippen MR) is 106 cm³/mol. The number of fused-ring (bicyclic) bond motifs is 1. The van der Waals surface area contributed by atoms with Crippen LogP contribution in [0, 0.1) is 5.82 Å². The van der Waals surface area contributed by atoms with Crippen molar-refractivity contribution in [1.29, 1.82) is 0 Å². The van der Waals surface area contributed by atoms with Gasteiger partial charge in [0.25, 0.3) is 0 Å². The summed E-state index contributed by atoms with van der Waals surface area (Å²) < 4.78 is 14.3. The molecule has 0 amide bonds. The van der Waals surface area contributed by atoms with Crippen molar-refractivity contribution >= 4 is 28.6 Å². The Balaban J connectivity index is 1.93. The van der Waals surface area contributed by atoms with Gasteiger partial charge < -0.3 is 10.0 Å². The van der Waals surface area contributed by atoms with Gasteiger partial charge in [0.1, 0.15) is 11.6 Å². The topological polar surface area (TPSA) is 35.8 Å². The summed E-state index contributed by atoms with van der Waals surface area (Å²) in [7, 11) is 3.72. The number of phenols is 1. The Morgan fingerprint density at radius 2 is 1.88 bits per heavy atom. The maximum Gasteiger partial charge on any atom is 0.129 e. The number of halogens is 2. The van der Waals surface area contributed by atoms with E-state index < -0.39 is 0 Å². The molecular weight excluding hydrogens is 351 g/mol. The predicted octanol–water partition coefficient (Wildman–Crippen LogP) is 5.06. The third-order valence-corrected chi connectivity index (χ3v) is 4.73. The van der Waals surface area contributed by atoms with Crippen molar-refractivity contribution in [2.24, 2.45) is 4.99 Å². The molecule has 0 heterocycles. The van der Waals surface area contributed by atoms with Gasteiger partial charge in [-0.3, -0.25) is 4.99 Å². The van der Waals surface area contributed by atoms with Gasteiger partial charge in [0.05, 0.1) is 12.6 Å². The molecule has 0 aliphatic heterocycles. The molecule has 3 rings (SSSR count). The summed E-state index contributed by atoms with van der Waals surface area (Å²) in [4.78, 5) is 6.36. The number of nitrogens with zero attached hydrogens (tertiary/aromatic N) is 2. The Morgan fingerprint density at radius 3 is 2.62 bits per heavy atom. The van der Waals surface area contributed by atoms with E-state index in [4.69, 9.17) is 11.6 Å². The van der Waals surface area contributed by atoms with Gasteiger partial charge in [-0.25, -0.2) is 4.39 Å².